The van der Waals surface area contributed by atoms with Gasteiger partial charge in [0.05, 0.1) is 13.0 Å². The van der Waals surface area contributed by atoms with Gasteiger partial charge in [-0.1, -0.05) is 13.8 Å². The van der Waals surface area contributed by atoms with Crippen molar-refractivity contribution in [3.63, 3.8) is 0 Å². The van der Waals surface area contributed by atoms with Gasteiger partial charge >= 0.3 is 5.97 Å². The largest absolute Gasteiger partial charge is 0.480 e. The minimum absolute atomic E-state index is 0.0440. The van der Waals surface area contributed by atoms with E-state index in [2.05, 4.69) is 16.0 Å². The number of aliphatic carboxylic acids is 1. The summed E-state index contributed by atoms with van der Waals surface area (Å²) in [5, 5.41) is 25.4. The number of carboxylic acid groups (broad SMARTS) is 1. The fourth-order valence-electron chi connectivity index (χ4n) is 2.51. The minimum atomic E-state index is -1.54. The van der Waals surface area contributed by atoms with Gasteiger partial charge in [0.1, 0.15) is 24.2 Å². The molecule has 4 amide bonds. The van der Waals surface area contributed by atoms with Crippen LogP contribution in [0.4, 0.5) is 0 Å². The van der Waals surface area contributed by atoms with Crippen LogP contribution in [0.3, 0.4) is 0 Å². The summed E-state index contributed by atoms with van der Waals surface area (Å²) in [5.74, 6) is -4.04. The standard InChI is InChI=1S/C18H33N5O7S/c1-9(2)6-12(17(28)23-13(18(29)30)7-14(20)25)22-16(27)11(4-5-31-3)21-15(26)10(19)8-24/h9-13,24H,4-8,19H2,1-3H3,(H2,20,25)(H,21,26)(H,22,27)(H,23,28)(H,29,30). The number of primary amides is 1. The van der Waals surface area contributed by atoms with Gasteiger partial charge in [0, 0.05) is 0 Å². The molecule has 4 unspecified atom stereocenters. The number of carbonyl (C=O) groups excluding carboxylic acids is 4. The summed E-state index contributed by atoms with van der Waals surface area (Å²) >= 11 is 1.44. The molecule has 0 heterocycles. The van der Waals surface area contributed by atoms with Gasteiger partial charge in [0.25, 0.3) is 0 Å². The van der Waals surface area contributed by atoms with E-state index in [4.69, 9.17) is 16.6 Å². The summed E-state index contributed by atoms with van der Waals surface area (Å²) in [6.45, 7) is 3.01. The highest BCUT2D eigenvalue weighted by molar-refractivity contribution is 7.98. The van der Waals surface area contributed by atoms with Crippen LogP contribution in [-0.4, -0.2) is 82.6 Å². The van der Waals surface area contributed by atoms with Crippen LogP contribution in [-0.2, 0) is 24.0 Å². The van der Waals surface area contributed by atoms with Crippen molar-refractivity contribution in [1.29, 1.82) is 0 Å². The number of amides is 4. The van der Waals surface area contributed by atoms with Crippen molar-refractivity contribution in [3.05, 3.63) is 0 Å². The molecular weight excluding hydrogens is 430 g/mol. The predicted molar refractivity (Wildman–Crippen MR) is 115 cm³/mol. The molecule has 0 saturated heterocycles. The highest BCUT2D eigenvalue weighted by Gasteiger charge is 2.31. The first-order chi connectivity index (χ1) is 14.4. The highest BCUT2D eigenvalue weighted by Crippen LogP contribution is 2.08. The first-order valence-corrected chi connectivity index (χ1v) is 11.1. The number of rotatable bonds is 15. The van der Waals surface area contributed by atoms with Crippen molar-refractivity contribution in [3.8, 4) is 0 Å². The second-order valence-electron chi connectivity index (χ2n) is 7.39. The predicted octanol–water partition coefficient (Wildman–Crippen LogP) is -2.48. The van der Waals surface area contributed by atoms with Gasteiger partial charge in [-0.25, -0.2) is 4.79 Å². The summed E-state index contributed by atoms with van der Waals surface area (Å²) in [6.07, 6.45) is 1.64. The Morgan fingerprint density at radius 2 is 1.45 bits per heavy atom. The number of hydrogen-bond donors (Lipinski definition) is 7. The highest BCUT2D eigenvalue weighted by atomic mass is 32.2. The molecule has 0 radical (unpaired) electrons. The SMILES string of the molecule is CSCCC(NC(=O)C(N)CO)C(=O)NC(CC(C)C)C(=O)NC(CC(N)=O)C(=O)O. The van der Waals surface area contributed by atoms with E-state index < -0.39 is 66.8 Å². The van der Waals surface area contributed by atoms with E-state index in [1.54, 1.807) is 13.8 Å². The van der Waals surface area contributed by atoms with E-state index in [9.17, 15) is 29.1 Å². The molecule has 0 aliphatic heterocycles. The number of nitrogens with two attached hydrogens (primary N) is 2. The van der Waals surface area contributed by atoms with Crippen molar-refractivity contribution in [1.82, 2.24) is 16.0 Å². The maximum absolute atomic E-state index is 12.8. The van der Waals surface area contributed by atoms with Crippen LogP contribution in [0, 0.1) is 5.92 Å². The lowest BCUT2D eigenvalue weighted by Gasteiger charge is -2.25. The zero-order valence-corrected chi connectivity index (χ0v) is 18.7. The van der Waals surface area contributed by atoms with Crippen LogP contribution >= 0.6 is 11.8 Å². The first kappa shape index (κ1) is 28.6. The van der Waals surface area contributed by atoms with Gasteiger partial charge in [0.2, 0.25) is 23.6 Å². The number of aliphatic hydroxyl groups excluding tert-OH is 1. The average Bonchev–Trinajstić information content (AvgIpc) is 2.68. The smallest absolute Gasteiger partial charge is 0.326 e. The summed E-state index contributed by atoms with van der Waals surface area (Å²) in [7, 11) is 0. The molecule has 178 valence electrons. The Hall–Kier alpha value is -2.38. The number of hydrogen-bond acceptors (Lipinski definition) is 8. The second-order valence-corrected chi connectivity index (χ2v) is 8.38. The molecule has 0 bridgehead atoms. The van der Waals surface area contributed by atoms with Crippen LogP contribution in [0.1, 0.15) is 33.1 Å². The Labute approximate surface area is 185 Å². The molecule has 0 aromatic rings. The van der Waals surface area contributed by atoms with Crippen molar-refractivity contribution in [2.24, 2.45) is 17.4 Å². The molecule has 0 aliphatic rings. The Morgan fingerprint density at radius 3 is 1.90 bits per heavy atom. The second kappa shape index (κ2) is 14.6. The fourth-order valence-corrected chi connectivity index (χ4v) is 2.99. The van der Waals surface area contributed by atoms with Crippen molar-refractivity contribution in [2.45, 2.75) is 57.3 Å². The van der Waals surface area contributed by atoms with Crippen molar-refractivity contribution < 1.29 is 34.2 Å². The summed E-state index contributed by atoms with van der Waals surface area (Å²) in [5.41, 5.74) is 10.5. The molecule has 13 heteroatoms. The third kappa shape index (κ3) is 11.5. The van der Waals surface area contributed by atoms with Crippen LogP contribution in [0.5, 0.6) is 0 Å². The number of aliphatic hydroxyl groups is 1. The molecular formula is C18H33N5O7S. The maximum atomic E-state index is 12.8. The van der Waals surface area contributed by atoms with Crippen LogP contribution in [0.25, 0.3) is 0 Å². The molecule has 31 heavy (non-hydrogen) atoms. The number of thioether (sulfide) groups is 1. The summed E-state index contributed by atoms with van der Waals surface area (Å²) < 4.78 is 0. The minimum Gasteiger partial charge on any atom is -0.480 e. The molecule has 12 nitrogen and oxygen atoms in total. The van der Waals surface area contributed by atoms with Crippen molar-refractivity contribution in [2.75, 3.05) is 18.6 Å². The van der Waals surface area contributed by atoms with E-state index >= 15 is 0 Å². The van der Waals surface area contributed by atoms with Crippen molar-refractivity contribution >= 4 is 41.4 Å². The van der Waals surface area contributed by atoms with E-state index in [0.717, 1.165) is 0 Å². The van der Waals surface area contributed by atoms with Crippen LogP contribution in [0.2, 0.25) is 0 Å². The van der Waals surface area contributed by atoms with Gasteiger partial charge in [0.15, 0.2) is 0 Å². The third-order valence-electron chi connectivity index (χ3n) is 4.14. The lowest BCUT2D eigenvalue weighted by Crippen LogP contribution is -2.58. The Balaban J connectivity index is 5.43. The Kier molecular flexibility index (Phi) is 13.5. The van der Waals surface area contributed by atoms with Gasteiger partial charge in [-0.05, 0) is 30.8 Å². The average molecular weight is 464 g/mol. The molecule has 4 atom stereocenters. The van der Waals surface area contributed by atoms with Gasteiger partial charge < -0.3 is 37.6 Å². The maximum Gasteiger partial charge on any atom is 0.326 e. The molecule has 0 rings (SSSR count). The fraction of sp³-hybridized carbons (Fsp3) is 0.722. The quantitative estimate of drug-likeness (QED) is 0.137. The zero-order valence-electron chi connectivity index (χ0n) is 17.9. The van der Waals surface area contributed by atoms with E-state index in [-0.39, 0.29) is 18.8 Å². The number of carbonyl (C=O) groups is 5. The molecule has 0 fully saturated rings. The number of nitrogens with one attached hydrogen (secondary N) is 3. The van der Waals surface area contributed by atoms with E-state index in [1.807, 2.05) is 6.26 Å². The molecule has 0 aromatic carbocycles. The monoisotopic (exact) mass is 463 g/mol. The topological polar surface area (TPSA) is 214 Å². The summed E-state index contributed by atoms with van der Waals surface area (Å²) in [6, 6.07) is -4.86. The van der Waals surface area contributed by atoms with E-state index in [0.29, 0.717) is 5.75 Å². The normalized spacial score (nSPS) is 14.8. The lowest BCUT2D eigenvalue weighted by molar-refractivity contribution is -0.144. The van der Waals surface area contributed by atoms with Crippen LogP contribution in [0.15, 0.2) is 0 Å². The molecule has 0 saturated carbocycles. The van der Waals surface area contributed by atoms with Crippen LogP contribution < -0.4 is 27.4 Å². The summed E-state index contributed by atoms with van der Waals surface area (Å²) in [4.78, 5) is 59.8. The Morgan fingerprint density at radius 1 is 0.935 bits per heavy atom. The molecule has 0 spiro atoms. The van der Waals surface area contributed by atoms with Gasteiger partial charge in [-0.3, -0.25) is 19.2 Å². The lowest BCUT2D eigenvalue weighted by atomic mass is 10.0. The first-order valence-electron chi connectivity index (χ1n) is 9.70. The zero-order chi connectivity index (χ0) is 24.1. The molecule has 0 aromatic heterocycles. The molecule has 9 N–H and O–H groups in total. The third-order valence-corrected chi connectivity index (χ3v) is 4.78. The Bertz CT molecular complexity index is 647. The van der Waals surface area contributed by atoms with Gasteiger partial charge in [-0.15, -0.1) is 0 Å². The number of carboxylic acids is 1. The van der Waals surface area contributed by atoms with Gasteiger partial charge in [-0.2, -0.15) is 11.8 Å². The molecule has 0 aliphatic carbocycles. The van der Waals surface area contributed by atoms with E-state index in [1.165, 1.54) is 11.8 Å².